The van der Waals surface area contributed by atoms with Crippen LogP contribution in [0.4, 0.5) is 0 Å². The second kappa shape index (κ2) is 22.8. The van der Waals surface area contributed by atoms with Crippen LogP contribution in [0.2, 0.25) is 0 Å². The van der Waals surface area contributed by atoms with Crippen molar-refractivity contribution in [3.05, 3.63) is 26.4 Å². The van der Waals surface area contributed by atoms with Gasteiger partial charge < -0.3 is 20.5 Å². The van der Waals surface area contributed by atoms with Crippen LogP contribution in [0.15, 0.2) is 5.11 Å². The molecule has 0 aliphatic carbocycles. The van der Waals surface area contributed by atoms with E-state index in [0.29, 0.717) is 6.54 Å². The number of hydrogen-bond acceptors (Lipinski definition) is 5. The number of halogens is 1. The molecule has 144 valence electrons. The van der Waals surface area contributed by atoms with E-state index in [0.717, 1.165) is 84.4 Å². The number of morpholine rings is 2. The smallest absolute Gasteiger partial charge is 0.379 e. The molecule has 0 amide bonds. The number of nitrogens with zero attached hydrogens (tertiary/aromatic N) is 8. The predicted molar refractivity (Wildman–Crippen MR) is 98.6 cm³/mol. The molecule has 2 heterocycles. The summed E-state index contributed by atoms with van der Waals surface area (Å²) in [5.74, 6) is 0.775. The van der Waals surface area contributed by atoms with Crippen LogP contribution in [-0.2, 0) is 9.47 Å². The number of rotatable bonds is 7. The number of alkyl halides is 1. The monoisotopic (exact) mass is 398 g/mol. The van der Waals surface area contributed by atoms with E-state index in [9.17, 15) is 0 Å². The van der Waals surface area contributed by atoms with E-state index in [1.807, 2.05) is 0 Å². The molecule has 0 bridgehead atoms. The van der Waals surface area contributed by atoms with Crippen molar-refractivity contribution in [3.8, 4) is 0 Å². The van der Waals surface area contributed by atoms with Crippen molar-refractivity contribution in [1.29, 1.82) is 0 Å². The van der Waals surface area contributed by atoms with E-state index in [1.54, 1.807) is 0 Å². The minimum Gasteiger partial charge on any atom is -0.379 e. The fourth-order valence-corrected chi connectivity index (χ4v) is 2.46. The quantitative estimate of drug-likeness (QED) is 0.147. The molecule has 2 fully saturated rings. The molecule has 0 N–H and O–H groups in total. The average molecular weight is 399 g/mol. The van der Waals surface area contributed by atoms with Gasteiger partial charge in [-0.3, -0.25) is 14.7 Å². The number of hydrogen-bond donors (Lipinski definition) is 0. The van der Waals surface area contributed by atoms with Gasteiger partial charge in [-0.1, -0.05) is 5.11 Å². The predicted octanol–water partition coefficient (Wildman–Crippen LogP) is -0.163. The molecule has 0 atom stereocenters. The molecule has 0 spiro atoms. The van der Waals surface area contributed by atoms with E-state index in [-0.39, 0.29) is 29.6 Å². The summed E-state index contributed by atoms with van der Waals surface area (Å²) in [5.41, 5.74) is 21.5. The average Bonchev–Trinajstić information content (AvgIpc) is 2.66. The summed E-state index contributed by atoms with van der Waals surface area (Å²) in [7, 11) is 0. The SMILES string of the molecule is ClCCCN1CCOCC1.[N-]=[N+]=NCCCN1CCOCC1.[N-]=[N+]=[N-].[Na+]. The van der Waals surface area contributed by atoms with Gasteiger partial charge in [0.15, 0.2) is 0 Å². The molecule has 0 radical (unpaired) electrons. The first-order valence-corrected chi connectivity index (χ1v) is 8.97. The van der Waals surface area contributed by atoms with Crippen LogP contribution in [0.25, 0.3) is 26.4 Å². The van der Waals surface area contributed by atoms with Crippen molar-refractivity contribution in [3.63, 3.8) is 0 Å². The molecule has 2 saturated heterocycles. The zero-order valence-electron chi connectivity index (χ0n) is 15.7. The van der Waals surface area contributed by atoms with E-state index in [1.165, 1.54) is 4.91 Å². The Morgan fingerprint density at radius 2 is 1.27 bits per heavy atom. The third-order valence-corrected chi connectivity index (χ3v) is 3.88. The van der Waals surface area contributed by atoms with Crippen LogP contribution in [0.1, 0.15) is 12.8 Å². The van der Waals surface area contributed by atoms with Crippen LogP contribution in [0, 0.1) is 0 Å². The van der Waals surface area contributed by atoms with Crippen molar-refractivity contribution < 1.29 is 39.0 Å². The molecule has 2 aliphatic rings. The molecule has 0 saturated carbocycles. The molecular formula is C14H28ClN8NaO2. The van der Waals surface area contributed by atoms with Crippen molar-refractivity contribution >= 4 is 11.6 Å². The van der Waals surface area contributed by atoms with Crippen LogP contribution < -0.4 is 29.6 Å². The maximum Gasteiger partial charge on any atom is 1.00 e. The minimum absolute atomic E-state index is 0. The Balaban J connectivity index is 0. The maximum absolute atomic E-state index is 8.03. The molecule has 10 nitrogen and oxygen atoms in total. The Morgan fingerprint density at radius 3 is 1.65 bits per heavy atom. The van der Waals surface area contributed by atoms with Crippen LogP contribution in [0.5, 0.6) is 0 Å². The molecule has 2 rings (SSSR count). The van der Waals surface area contributed by atoms with Crippen LogP contribution in [0.3, 0.4) is 0 Å². The molecule has 0 aromatic carbocycles. The van der Waals surface area contributed by atoms with Crippen molar-refractivity contribution in [2.75, 3.05) is 78.1 Å². The van der Waals surface area contributed by atoms with Crippen molar-refractivity contribution in [2.45, 2.75) is 12.8 Å². The second-order valence-corrected chi connectivity index (χ2v) is 5.73. The summed E-state index contributed by atoms with van der Waals surface area (Å²) in [6.07, 6.45) is 2.05. The van der Waals surface area contributed by atoms with Crippen LogP contribution in [-0.4, -0.2) is 87.9 Å². The van der Waals surface area contributed by atoms with E-state index in [4.69, 9.17) is 37.7 Å². The molecular weight excluding hydrogens is 371 g/mol. The first kappa shape index (κ1) is 28.0. The minimum atomic E-state index is 0. The van der Waals surface area contributed by atoms with Gasteiger partial charge in [0.05, 0.1) is 26.4 Å². The van der Waals surface area contributed by atoms with Gasteiger partial charge in [0, 0.05) is 43.5 Å². The summed E-state index contributed by atoms with van der Waals surface area (Å²) in [4.78, 5) is 8.92. The normalized spacial score (nSPS) is 17.1. The number of azide groups is 1. The van der Waals surface area contributed by atoms with Gasteiger partial charge in [0.25, 0.3) is 0 Å². The van der Waals surface area contributed by atoms with Gasteiger partial charge in [-0.15, -0.1) is 11.6 Å². The van der Waals surface area contributed by atoms with Gasteiger partial charge in [-0.05, 0) is 31.5 Å². The summed E-state index contributed by atoms with van der Waals surface area (Å²) in [5, 5.41) is 3.48. The first-order valence-electron chi connectivity index (χ1n) is 8.44. The van der Waals surface area contributed by atoms with Gasteiger partial charge in [-0.25, -0.2) is 0 Å². The Labute approximate surface area is 182 Å². The molecule has 0 aromatic heterocycles. The summed E-state index contributed by atoms with van der Waals surface area (Å²) in [6.45, 7) is 10.4. The Bertz CT molecular complexity index is 383. The third kappa shape index (κ3) is 18.5. The Hall–Kier alpha value is -0.250. The zero-order valence-corrected chi connectivity index (χ0v) is 18.4. The van der Waals surface area contributed by atoms with E-state index in [2.05, 4.69) is 19.8 Å². The van der Waals surface area contributed by atoms with Crippen LogP contribution >= 0.6 is 11.6 Å². The molecule has 0 unspecified atom stereocenters. The molecule has 0 aromatic rings. The standard InChI is InChI=1S/C7H14ClNO.C7H14N4O.N3.Na/c8-2-1-3-9-4-6-10-7-5-9;8-10-9-2-1-3-11-4-6-12-7-5-11;1-3-2;/h1-7H2;1-7H2;;/q;;-1;+1. The van der Waals surface area contributed by atoms with Gasteiger partial charge in [-0.2, -0.15) is 0 Å². The topological polar surface area (TPSA) is 132 Å². The molecule has 26 heavy (non-hydrogen) atoms. The van der Waals surface area contributed by atoms with Gasteiger partial charge >= 0.3 is 29.6 Å². The van der Waals surface area contributed by atoms with E-state index >= 15 is 0 Å². The van der Waals surface area contributed by atoms with Crippen molar-refractivity contribution in [1.82, 2.24) is 9.80 Å². The van der Waals surface area contributed by atoms with Gasteiger partial charge in [0.2, 0.25) is 0 Å². The maximum atomic E-state index is 8.03. The molecule has 12 heteroatoms. The second-order valence-electron chi connectivity index (χ2n) is 5.35. The Morgan fingerprint density at radius 1 is 0.846 bits per heavy atom. The summed E-state index contributed by atoms with van der Waals surface area (Å²) in [6, 6.07) is 0. The van der Waals surface area contributed by atoms with E-state index < -0.39 is 0 Å². The third-order valence-electron chi connectivity index (χ3n) is 3.61. The largest absolute Gasteiger partial charge is 1.00 e. The summed E-state index contributed by atoms with van der Waals surface area (Å²) >= 11 is 5.56. The number of ether oxygens (including phenoxy) is 2. The van der Waals surface area contributed by atoms with Crippen molar-refractivity contribution in [2.24, 2.45) is 5.11 Å². The first-order chi connectivity index (χ1) is 12.3. The fraction of sp³-hybridized carbons (Fsp3) is 1.00. The molecule has 2 aliphatic heterocycles. The Kier molecular flexibility index (Phi) is 24.5. The summed E-state index contributed by atoms with van der Waals surface area (Å²) < 4.78 is 10.4. The van der Waals surface area contributed by atoms with Gasteiger partial charge in [0.1, 0.15) is 0 Å². The fourth-order valence-electron chi connectivity index (χ4n) is 2.34. The zero-order chi connectivity index (χ0) is 18.6.